The molecule has 2 nitrogen and oxygen atoms in total. The molecule has 0 saturated heterocycles. The maximum atomic E-state index is 5.81. The van der Waals surface area contributed by atoms with Crippen LogP contribution in [-0.2, 0) is 0 Å². The molecule has 16 heavy (non-hydrogen) atoms. The van der Waals surface area contributed by atoms with E-state index in [1.165, 1.54) is 35.4 Å². The highest BCUT2D eigenvalue weighted by atomic mass is 32.1. The third-order valence-electron chi connectivity index (χ3n) is 3.22. The zero-order valence-electron chi connectivity index (χ0n) is 10.0. The molecule has 1 saturated carbocycles. The lowest BCUT2D eigenvalue weighted by molar-refractivity contribution is 0.517. The molecule has 3 N–H and O–H groups in total. The summed E-state index contributed by atoms with van der Waals surface area (Å²) in [5, 5.41) is 3.57. The first-order valence-corrected chi connectivity index (χ1v) is 7.11. The Morgan fingerprint density at radius 2 is 2.31 bits per heavy atom. The summed E-state index contributed by atoms with van der Waals surface area (Å²) >= 11 is 1.85. The Balaban J connectivity index is 1.71. The van der Waals surface area contributed by atoms with Crippen LogP contribution >= 0.6 is 11.3 Å². The zero-order chi connectivity index (χ0) is 11.4. The van der Waals surface area contributed by atoms with Gasteiger partial charge in [0.25, 0.3) is 0 Å². The van der Waals surface area contributed by atoms with Crippen molar-refractivity contribution in [3.63, 3.8) is 0 Å². The van der Waals surface area contributed by atoms with Crippen LogP contribution < -0.4 is 11.1 Å². The molecule has 1 aliphatic rings. The van der Waals surface area contributed by atoms with E-state index in [2.05, 4.69) is 24.4 Å². The predicted molar refractivity (Wildman–Crippen MR) is 70.8 cm³/mol. The van der Waals surface area contributed by atoms with Crippen LogP contribution in [0.1, 0.15) is 41.5 Å². The molecule has 1 heterocycles. The molecule has 0 radical (unpaired) electrons. The van der Waals surface area contributed by atoms with E-state index in [0.717, 1.165) is 12.5 Å². The first-order chi connectivity index (χ1) is 7.79. The fourth-order valence-corrected chi connectivity index (χ4v) is 2.98. The number of aryl methyl sites for hydroxylation is 1. The summed E-state index contributed by atoms with van der Waals surface area (Å²) in [4.78, 5) is 2.75. The molecule has 2 rings (SSSR count). The van der Waals surface area contributed by atoms with E-state index in [9.17, 15) is 0 Å². The summed E-state index contributed by atoms with van der Waals surface area (Å²) in [5.74, 6) is 1.04. The van der Waals surface area contributed by atoms with E-state index in [-0.39, 0.29) is 0 Å². The van der Waals surface area contributed by atoms with Gasteiger partial charge in [-0.25, -0.2) is 0 Å². The number of hydrogen-bond acceptors (Lipinski definition) is 3. The van der Waals surface area contributed by atoms with Crippen LogP contribution in [0.4, 0.5) is 0 Å². The lowest BCUT2D eigenvalue weighted by atomic mass is 10.2. The lowest BCUT2D eigenvalue weighted by Gasteiger charge is -2.15. The zero-order valence-corrected chi connectivity index (χ0v) is 10.9. The van der Waals surface area contributed by atoms with Crippen LogP contribution in [0.3, 0.4) is 0 Å². The van der Waals surface area contributed by atoms with Crippen molar-refractivity contribution in [1.82, 2.24) is 5.32 Å². The largest absolute Gasteiger partial charge is 0.329 e. The number of nitrogens with one attached hydrogen (secondary N) is 1. The Hall–Kier alpha value is -0.380. The van der Waals surface area contributed by atoms with Crippen molar-refractivity contribution in [1.29, 1.82) is 0 Å². The molecule has 0 spiro atoms. The molecular weight excluding hydrogens is 216 g/mol. The van der Waals surface area contributed by atoms with Gasteiger partial charge >= 0.3 is 0 Å². The average Bonchev–Trinajstić information content (AvgIpc) is 3.01. The highest BCUT2D eigenvalue weighted by Gasteiger charge is 2.20. The van der Waals surface area contributed by atoms with E-state index in [4.69, 9.17) is 5.73 Å². The van der Waals surface area contributed by atoms with E-state index in [0.29, 0.717) is 12.6 Å². The molecule has 0 aliphatic heterocycles. The van der Waals surface area contributed by atoms with Gasteiger partial charge in [-0.2, -0.15) is 0 Å². The van der Waals surface area contributed by atoms with Gasteiger partial charge in [0.1, 0.15) is 0 Å². The lowest BCUT2D eigenvalue weighted by Crippen LogP contribution is -2.28. The molecule has 0 amide bonds. The summed E-state index contributed by atoms with van der Waals surface area (Å²) < 4.78 is 0. The number of thiophene rings is 1. The molecular formula is C13H22N2S. The molecule has 1 atom stereocenters. The van der Waals surface area contributed by atoms with Gasteiger partial charge in [0, 0.05) is 16.3 Å². The Morgan fingerprint density at radius 1 is 1.50 bits per heavy atom. The molecule has 90 valence electrons. The average molecular weight is 238 g/mol. The van der Waals surface area contributed by atoms with Crippen molar-refractivity contribution in [2.45, 2.75) is 38.6 Å². The van der Waals surface area contributed by atoms with Crippen molar-refractivity contribution >= 4 is 11.3 Å². The van der Waals surface area contributed by atoms with Crippen LogP contribution in [0.15, 0.2) is 12.1 Å². The number of nitrogens with two attached hydrogens (primary N) is 1. The van der Waals surface area contributed by atoms with Crippen LogP contribution in [0.2, 0.25) is 0 Å². The summed E-state index contributed by atoms with van der Waals surface area (Å²) in [7, 11) is 0. The normalized spacial score (nSPS) is 17.6. The Kier molecular flexibility index (Phi) is 4.38. The standard InChI is InChI=1S/C13H22N2S/c1-10-4-7-13(16-10)12(9-14)15-8-2-3-11-5-6-11/h4,7,11-12,15H,2-3,5-6,8-9,14H2,1H3. The minimum absolute atomic E-state index is 0.359. The van der Waals surface area contributed by atoms with E-state index in [1.807, 2.05) is 11.3 Å². The van der Waals surface area contributed by atoms with Crippen LogP contribution in [0.5, 0.6) is 0 Å². The molecule has 1 aromatic rings. The molecule has 1 aliphatic carbocycles. The van der Waals surface area contributed by atoms with Crippen LogP contribution in [0.25, 0.3) is 0 Å². The summed E-state index contributed by atoms with van der Waals surface area (Å²) in [6, 6.07) is 4.73. The smallest absolute Gasteiger partial charge is 0.0539 e. The SMILES string of the molecule is Cc1ccc(C(CN)NCCCC2CC2)s1. The quantitative estimate of drug-likeness (QED) is 0.717. The monoisotopic (exact) mass is 238 g/mol. The minimum Gasteiger partial charge on any atom is -0.329 e. The minimum atomic E-state index is 0.359. The third kappa shape index (κ3) is 3.58. The van der Waals surface area contributed by atoms with Gasteiger partial charge in [-0.05, 0) is 44.4 Å². The number of rotatable bonds is 7. The topological polar surface area (TPSA) is 38.0 Å². The highest BCUT2D eigenvalue weighted by molar-refractivity contribution is 7.12. The van der Waals surface area contributed by atoms with Gasteiger partial charge in [0.2, 0.25) is 0 Å². The second-order valence-electron chi connectivity index (χ2n) is 4.78. The Bertz CT molecular complexity index is 317. The Morgan fingerprint density at radius 3 is 2.88 bits per heavy atom. The van der Waals surface area contributed by atoms with Gasteiger partial charge in [-0.3, -0.25) is 0 Å². The van der Waals surface area contributed by atoms with Crippen molar-refractivity contribution in [3.8, 4) is 0 Å². The fourth-order valence-electron chi connectivity index (χ4n) is 2.01. The maximum Gasteiger partial charge on any atom is 0.0539 e. The summed E-state index contributed by atoms with van der Waals surface area (Å²) in [6.07, 6.45) is 5.62. The van der Waals surface area contributed by atoms with E-state index < -0.39 is 0 Å². The maximum absolute atomic E-state index is 5.81. The van der Waals surface area contributed by atoms with Gasteiger partial charge in [-0.15, -0.1) is 11.3 Å². The van der Waals surface area contributed by atoms with E-state index >= 15 is 0 Å². The highest BCUT2D eigenvalue weighted by Crippen LogP contribution is 2.33. The summed E-state index contributed by atoms with van der Waals surface area (Å²) in [6.45, 7) is 3.95. The Labute approximate surface area is 102 Å². The fraction of sp³-hybridized carbons (Fsp3) is 0.692. The van der Waals surface area contributed by atoms with Crippen molar-refractivity contribution in [2.24, 2.45) is 11.7 Å². The molecule has 0 aromatic carbocycles. The second-order valence-corrected chi connectivity index (χ2v) is 6.10. The molecule has 0 bridgehead atoms. The van der Waals surface area contributed by atoms with Crippen LogP contribution in [-0.4, -0.2) is 13.1 Å². The van der Waals surface area contributed by atoms with Crippen LogP contribution in [0, 0.1) is 12.8 Å². The van der Waals surface area contributed by atoms with Crippen molar-refractivity contribution in [3.05, 3.63) is 21.9 Å². The van der Waals surface area contributed by atoms with Crippen molar-refractivity contribution < 1.29 is 0 Å². The first kappa shape index (κ1) is 12.1. The van der Waals surface area contributed by atoms with Gasteiger partial charge in [0.05, 0.1) is 6.04 Å². The summed E-state index contributed by atoms with van der Waals surface area (Å²) in [5.41, 5.74) is 5.81. The molecule has 1 aromatic heterocycles. The predicted octanol–water partition coefficient (Wildman–Crippen LogP) is 2.84. The van der Waals surface area contributed by atoms with Gasteiger partial charge < -0.3 is 11.1 Å². The third-order valence-corrected chi connectivity index (χ3v) is 4.33. The molecule has 3 heteroatoms. The van der Waals surface area contributed by atoms with Crippen molar-refractivity contribution in [2.75, 3.05) is 13.1 Å². The first-order valence-electron chi connectivity index (χ1n) is 6.29. The van der Waals surface area contributed by atoms with Gasteiger partial charge in [0.15, 0.2) is 0 Å². The van der Waals surface area contributed by atoms with Gasteiger partial charge in [-0.1, -0.05) is 12.8 Å². The number of hydrogen-bond donors (Lipinski definition) is 2. The second kappa shape index (κ2) is 5.80. The van der Waals surface area contributed by atoms with E-state index in [1.54, 1.807) is 0 Å². The molecule has 1 fully saturated rings. The molecule has 1 unspecified atom stereocenters.